The Bertz CT molecular complexity index is 599. The van der Waals surface area contributed by atoms with Crippen molar-refractivity contribution in [1.29, 1.82) is 0 Å². The van der Waals surface area contributed by atoms with Crippen molar-refractivity contribution in [3.63, 3.8) is 0 Å². The van der Waals surface area contributed by atoms with Crippen molar-refractivity contribution in [1.82, 2.24) is 15.1 Å². The number of ether oxygens (including phenoxy) is 1. The Kier molecular flexibility index (Phi) is 10.5. The molecule has 0 saturated carbocycles. The standard InChI is InChI=1S/C19H31N5O2.HI/c1-4-26-19(25)24-11-9-17(10-12-24)22-18(20)21-13-15-5-7-16(8-6-15)14-23(2)3;/h5-8,17H,4,9-14H2,1-3H3,(H3,20,21,22);1H. The minimum absolute atomic E-state index is 0. The van der Waals surface area contributed by atoms with Gasteiger partial charge in [0, 0.05) is 25.7 Å². The van der Waals surface area contributed by atoms with E-state index in [0.29, 0.717) is 32.2 Å². The molecule has 0 bridgehead atoms. The second-order valence-corrected chi connectivity index (χ2v) is 6.86. The first-order valence-electron chi connectivity index (χ1n) is 9.18. The van der Waals surface area contributed by atoms with Crippen LogP contribution in [0.15, 0.2) is 29.3 Å². The third kappa shape index (κ3) is 8.34. The fourth-order valence-electron chi connectivity index (χ4n) is 2.97. The van der Waals surface area contributed by atoms with Gasteiger partial charge in [0.05, 0.1) is 13.2 Å². The van der Waals surface area contributed by atoms with Crippen molar-refractivity contribution in [2.45, 2.75) is 38.9 Å². The average molecular weight is 489 g/mol. The SMILES string of the molecule is CCOC(=O)N1CCC(NC(N)=NCc2ccc(CN(C)C)cc2)CC1.I. The summed E-state index contributed by atoms with van der Waals surface area (Å²) in [6.45, 7) is 5.07. The molecule has 1 aromatic rings. The molecule has 1 saturated heterocycles. The van der Waals surface area contributed by atoms with Crippen LogP contribution in [0.4, 0.5) is 4.79 Å². The van der Waals surface area contributed by atoms with Crippen LogP contribution >= 0.6 is 24.0 Å². The van der Waals surface area contributed by atoms with Crippen molar-refractivity contribution >= 4 is 36.0 Å². The molecule has 0 unspecified atom stereocenters. The van der Waals surface area contributed by atoms with Crippen LogP contribution in [0.3, 0.4) is 0 Å². The number of likely N-dealkylation sites (tertiary alicyclic amines) is 1. The molecule has 1 aromatic carbocycles. The van der Waals surface area contributed by atoms with Gasteiger partial charge >= 0.3 is 6.09 Å². The summed E-state index contributed by atoms with van der Waals surface area (Å²) < 4.78 is 5.03. The molecule has 0 atom stereocenters. The molecule has 0 radical (unpaired) electrons. The number of halogens is 1. The molecule has 1 heterocycles. The van der Waals surface area contributed by atoms with Crippen LogP contribution < -0.4 is 11.1 Å². The highest BCUT2D eigenvalue weighted by atomic mass is 127. The summed E-state index contributed by atoms with van der Waals surface area (Å²) in [5.74, 6) is 0.456. The van der Waals surface area contributed by atoms with Gasteiger partial charge < -0.3 is 25.6 Å². The van der Waals surface area contributed by atoms with Crippen LogP contribution in [0, 0.1) is 0 Å². The van der Waals surface area contributed by atoms with E-state index < -0.39 is 0 Å². The lowest BCUT2D eigenvalue weighted by molar-refractivity contribution is 0.0963. The van der Waals surface area contributed by atoms with E-state index >= 15 is 0 Å². The maximum atomic E-state index is 11.7. The van der Waals surface area contributed by atoms with E-state index in [4.69, 9.17) is 10.5 Å². The number of rotatable bonds is 6. The molecule has 1 aliphatic heterocycles. The monoisotopic (exact) mass is 489 g/mol. The first-order chi connectivity index (χ1) is 12.5. The van der Waals surface area contributed by atoms with Gasteiger partial charge in [0.15, 0.2) is 5.96 Å². The van der Waals surface area contributed by atoms with Crippen LogP contribution in [-0.2, 0) is 17.8 Å². The Morgan fingerprint density at radius 2 is 1.85 bits per heavy atom. The summed E-state index contributed by atoms with van der Waals surface area (Å²) in [6, 6.07) is 8.67. The Morgan fingerprint density at radius 3 is 2.41 bits per heavy atom. The van der Waals surface area contributed by atoms with E-state index in [0.717, 1.165) is 24.9 Å². The van der Waals surface area contributed by atoms with Gasteiger partial charge in [-0.25, -0.2) is 9.79 Å². The Balaban J connectivity index is 0.00000364. The van der Waals surface area contributed by atoms with Crippen molar-refractivity contribution in [2.24, 2.45) is 10.7 Å². The van der Waals surface area contributed by atoms with Crippen LogP contribution in [0.1, 0.15) is 30.9 Å². The second-order valence-electron chi connectivity index (χ2n) is 6.86. The van der Waals surface area contributed by atoms with E-state index in [-0.39, 0.29) is 36.1 Å². The fourth-order valence-corrected chi connectivity index (χ4v) is 2.97. The lowest BCUT2D eigenvalue weighted by Crippen LogP contribution is -2.48. The summed E-state index contributed by atoms with van der Waals surface area (Å²) in [7, 11) is 4.11. The van der Waals surface area contributed by atoms with Crippen molar-refractivity contribution in [3.05, 3.63) is 35.4 Å². The molecule has 27 heavy (non-hydrogen) atoms. The predicted molar refractivity (Wildman–Crippen MR) is 119 cm³/mol. The Morgan fingerprint density at radius 1 is 1.26 bits per heavy atom. The van der Waals surface area contributed by atoms with Crippen LogP contribution in [0.5, 0.6) is 0 Å². The van der Waals surface area contributed by atoms with Crippen molar-refractivity contribution in [2.75, 3.05) is 33.8 Å². The van der Waals surface area contributed by atoms with Crippen LogP contribution in [-0.4, -0.2) is 61.7 Å². The van der Waals surface area contributed by atoms with E-state index in [1.54, 1.807) is 4.90 Å². The zero-order chi connectivity index (χ0) is 18.9. The third-order valence-electron chi connectivity index (χ3n) is 4.33. The average Bonchev–Trinajstić information content (AvgIpc) is 2.61. The Labute approximate surface area is 179 Å². The molecule has 3 N–H and O–H groups in total. The number of aliphatic imine (C=N–C) groups is 1. The lowest BCUT2D eigenvalue weighted by Gasteiger charge is -2.31. The first-order valence-corrected chi connectivity index (χ1v) is 9.18. The second kappa shape index (κ2) is 12.0. The van der Waals surface area contributed by atoms with E-state index in [9.17, 15) is 4.79 Å². The number of piperidine rings is 1. The number of hydrogen-bond donors (Lipinski definition) is 2. The zero-order valence-electron chi connectivity index (χ0n) is 16.5. The van der Waals surface area contributed by atoms with Gasteiger partial charge in [0.25, 0.3) is 0 Å². The third-order valence-corrected chi connectivity index (χ3v) is 4.33. The van der Waals surface area contributed by atoms with Gasteiger partial charge in [-0.05, 0) is 45.0 Å². The van der Waals surface area contributed by atoms with E-state index in [2.05, 4.69) is 53.6 Å². The molecule has 0 aliphatic carbocycles. The number of benzene rings is 1. The van der Waals surface area contributed by atoms with E-state index in [1.165, 1.54) is 5.56 Å². The number of hydrogen-bond acceptors (Lipinski definition) is 4. The summed E-state index contributed by atoms with van der Waals surface area (Å²) in [6.07, 6.45) is 1.45. The minimum atomic E-state index is -0.231. The maximum absolute atomic E-state index is 11.7. The number of nitrogens with two attached hydrogens (primary N) is 1. The van der Waals surface area contributed by atoms with Gasteiger partial charge in [-0.15, -0.1) is 24.0 Å². The number of amides is 1. The molecule has 8 heteroatoms. The summed E-state index contributed by atoms with van der Waals surface area (Å²) in [5, 5.41) is 3.26. The number of guanidine groups is 1. The maximum Gasteiger partial charge on any atom is 0.409 e. The molecular formula is C19H32IN5O2. The highest BCUT2D eigenvalue weighted by molar-refractivity contribution is 14.0. The summed E-state index contributed by atoms with van der Waals surface area (Å²) in [5.41, 5.74) is 8.43. The lowest BCUT2D eigenvalue weighted by atomic mass is 10.1. The normalized spacial score (nSPS) is 15.4. The Hall–Kier alpha value is -1.55. The van der Waals surface area contributed by atoms with Gasteiger partial charge in [-0.2, -0.15) is 0 Å². The number of carbonyl (C=O) groups excluding carboxylic acids is 1. The zero-order valence-corrected chi connectivity index (χ0v) is 18.8. The fraction of sp³-hybridized carbons (Fsp3) is 0.579. The highest BCUT2D eigenvalue weighted by Crippen LogP contribution is 2.11. The molecular weight excluding hydrogens is 457 g/mol. The molecule has 2 rings (SSSR count). The highest BCUT2D eigenvalue weighted by Gasteiger charge is 2.23. The largest absolute Gasteiger partial charge is 0.450 e. The minimum Gasteiger partial charge on any atom is -0.450 e. The smallest absolute Gasteiger partial charge is 0.409 e. The van der Waals surface area contributed by atoms with Crippen molar-refractivity contribution < 1.29 is 9.53 Å². The molecule has 1 amide bonds. The van der Waals surface area contributed by atoms with Crippen molar-refractivity contribution in [3.8, 4) is 0 Å². The molecule has 0 spiro atoms. The predicted octanol–water partition coefficient (Wildman–Crippen LogP) is 2.39. The van der Waals surface area contributed by atoms with E-state index in [1.807, 2.05) is 6.92 Å². The molecule has 152 valence electrons. The molecule has 1 aliphatic rings. The summed E-state index contributed by atoms with van der Waals surface area (Å²) in [4.78, 5) is 20.0. The number of nitrogens with zero attached hydrogens (tertiary/aromatic N) is 3. The van der Waals surface area contributed by atoms with Gasteiger partial charge in [-0.1, -0.05) is 24.3 Å². The number of nitrogens with one attached hydrogen (secondary N) is 1. The van der Waals surface area contributed by atoms with Gasteiger partial charge in [0.1, 0.15) is 0 Å². The molecule has 1 fully saturated rings. The quantitative estimate of drug-likeness (QED) is 0.365. The summed E-state index contributed by atoms with van der Waals surface area (Å²) >= 11 is 0. The van der Waals surface area contributed by atoms with Gasteiger partial charge in [-0.3, -0.25) is 0 Å². The first kappa shape index (κ1) is 23.5. The topological polar surface area (TPSA) is 83.2 Å². The molecule has 0 aromatic heterocycles. The van der Waals surface area contributed by atoms with Crippen LogP contribution in [0.2, 0.25) is 0 Å². The van der Waals surface area contributed by atoms with Crippen LogP contribution in [0.25, 0.3) is 0 Å². The van der Waals surface area contributed by atoms with Gasteiger partial charge in [0.2, 0.25) is 0 Å². The number of carbonyl (C=O) groups is 1. The molecule has 7 nitrogen and oxygen atoms in total.